The van der Waals surface area contributed by atoms with Gasteiger partial charge in [0.25, 0.3) is 5.91 Å². The van der Waals surface area contributed by atoms with Crippen molar-refractivity contribution in [2.75, 3.05) is 12.3 Å². The van der Waals surface area contributed by atoms with E-state index < -0.39 is 0 Å². The van der Waals surface area contributed by atoms with Gasteiger partial charge in [-0.3, -0.25) is 9.59 Å². The topological polar surface area (TPSA) is 100 Å². The van der Waals surface area contributed by atoms with Gasteiger partial charge >= 0.3 is 0 Å². The number of aromatic amines is 1. The maximum atomic E-state index is 11.6. The Morgan fingerprint density at radius 1 is 1.41 bits per heavy atom. The monoisotopic (exact) mass is 238 g/mol. The van der Waals surface area contributed by atoms with Gasteiger partial charge in [0.1, 0.15) is 5.69 Å². The Morgan fingerprint density at radius 3 is 2.53 bits per heavy atom. The van der Waals surface area contributed by atoms with E-state index in [4.69, 9.17) is 5.73 Å². The normalized spacial score (nSPS) is 11.0. The summed E-state index contributed by atoms with van der Waals surface area (Å²) in [5.41, 5.74) is 5.98. The largest absolute Gasteiger partial charge is 0.397 e. The van der Waals surface area contributed by atoms with Crippen LogP contribution >= 0.6 is 0 Å². The van der Waals surface area contributed by atoms with Crippen molar-refractivity contribution in [3.05, 3.63) is 18.0 Å². The van der Waals surface area contributed by atoms with E-state index >= 15 is 0 Å². The molecule has 1 aromatic heterocycles. The Balaban J connectivity index is 2.41. The van der Waals surface area contributed by atoms with E-state index in [1.165, 1.54) is 12.3 Å². The third-order valence-corrected chi connectivity index (χ3v) is 1.87. The molecule has 0 fully saturated rings. The second-order valence-corrected chi connectivity index (χ2v) is 4.83. The number of carbonyl (C=O) groups excluding carboxylic acids is 2. The highest BCUT2D eigenvalue weighted by atomic mass is 16.2. The van der Waals surface area contributed by atoms with Crippen molar-refractivity contribution in [3.8, 4) is 0 Å². The first-order valence-corrected chi connectivity index (χ1v) is 5.31. The summed E-state index contributed by atoms with van der Waals surface area (Å²) in [5.74, 6) is -0.587. The fourth-order valence-electron chi connectivity index (χ4n) is 1.26. The molecule has 5 N–H and O–H groups in total. The van der Waals surface area contributed by atoms with Crippen LogP contribution in [-0.4, -0.2) is 28.9 Å². The molecule has 0 unspecified atom stereocenters. The van der Waals surface area contributed by atoms with E-state index in [0.29, 0.717) is 11.4 Å². The van der Waals surface area contributed by atoms with Gasteiger partial charge < -0.3 is 21.4 Å². The highest BCUT2D eigenvalue weighted by Crippen LogP contribution is 2.03. The number of carbonyl (C=O) groups is 2. The molecule has 6 nitrogen and oxygen atoms in total. The SMILES string of the molecule is CC(C)(C)NC(=O)CNC(=O)c1cc(N)c[nH]1. The summed E-state index contributed by atoms with van der Waals surface area (Å²) in [6.07, 6.45) is 1.52. The van der Waals surface area contributed by atoms with Crippen molar-refractivity contribution in [1.82, 2.24) is 15.6 Å². The minimum absolute atomic E-state index is 0.0605. The summed E-state index contributed by atoms with van der Waals surface area (Å²) in [6.45, 7) is 5.56. The third-order valence-electron chi connectivity index (χ3n) is 1.87. The molecule has 0 atom stereocenters. The fraction of sp³-hybridized carbons (Fsp3) is 0.455. The third kappa shape index (κ3) is 4.58. The molecule has 0 saturated carbocycles. The lowest BCUT2D eigenvalue weighted by Gasteiger charge is -2.20. The molecule has 0 aliphatic rings. The lowest BCUT2D eigenvalue weighted by atomic mass is 10.1. The van der Waals surface area contributed by atoms with E-state index in [-0.39, 0.29) is 23.9 Å². The minimum atomic E-state index is -0.356. The van der Waals surface area contributed by atoms with Crippen molar-refractivity contribution in [3.63, 3.8) is 0 Å². The van der Waals surface area contributed by atoms with Crippen molar-refractivity contribution in [2.24, 2.45) is 0 Å². The number of nitrogens with one attached hydrogen (secondary N) is 3. The van der Waals surface area contributed by atoms with Gasteiger partial charge in [-0.15, -0.1) is 0 Å². The first kappa shape index (κ1) is 13.1. The summed E-state index contributed by atoms with van der Waals surface area (Å²) in [7, 11) is 0. The van der Waals surface area contributed by atoms with Crippen LogP contribution in [-0.2, 0) is 4.79 Å². The van der Waals surface area contributed by atoms with Crippen LogP contribution in [0.15, 0.2) is 12.3 Å². The molecule has 0 radical (unpaired) electrons. The Bertz CT molecular complexity index is 417. The molecule has 0 aromatic carbocycles. The van der Waals surface area contributed by atoms with Crippen LogP contribution in [0.4, 0.5) is 5.69 Å². The molecule has 0 saturated heterocycles. The number of nitrogen functional groups attached to an aromatic ring is 1. The zero-order valence-electron chi connectivity index (χ0n) is 10.3. The fourth-order valence-corrected chi connectivity index (χ4v) is 1.26. The second kappa shape index (κ2) is 4.90. The summed E-state index contributed by atoms with van der Waals surface area (Å²) in [5, 5.41) is 5.24. The van der Waals surface area contributed by atoms with Gasteiger partial charge in [0.15, 0.2) is 0 Å². The molecule has 6 heteroatoms. The van der Waals surface area contributed by atoms with Gasteiger partial charge in [0, 0.05) is 17.4 Å². The summed E-state index contributed by atoms with van der Waals surface area (Å²) < 4.78 is 0. The number of nitrogens with two attached hydrogens (primary N) is 1. The highest BCUT2D eigenvalue weighted by molar-refractivity contribution is 5.95. The van der Waals surface area contributed by atoms with Gasteiger partial charge in [-0.05, 0) is 26.8 Å². The molecule has 1 aromatic rings. The summed E-state index contributed by atoms with van der Waals surface area (Å²) in [6, 6.07) is 1.51. The molecule has 17 heavy (non-hydrogen) atoms. The van der Waals surface area contributed by atoms with Crippen LogP contribution in [0.25, 0.3) is 0 Å². The average molecular weight is 238 g/mol. The van der Waals surface area contributed by atoms with Crippen LogP contribution in [0.5, 0.6) is 0 Å². The maximum Gasteiger partial charge on any atom is 0.268 e. The second-order valence-electron chi connectivity index (χ2n) is 4.83. The van der Waals surface area contributed by atoms with Crippen LogP contribution in [0.1, 0.15) is 31.3 Å². The molecule has 0 bridgehead atoms. The molecule has 0 aliphatic carbocycles. The zero-order chi connectivity index (χ0) is 13.1. The molecule has 94 valence electrons. The van der Waals surface area contributed by atoms with Crippen LogP contribution in [0.3, 0.4) is 0 Å². The van der Waals surface area contributed by atoms with E-state index in [9.17, 15) is 9.59 Å². The van der Waals surface area contributed by atoms with Crippen LogP contribution in [0, 0.1) is 0 Å². The maximum absolute atomic E-state index is 11.6. The Hall–Kier alpha value is -1.98. The van der Waals surface area contributed by atoms with Gasteiger partial charge in [0.2, 0.25) is 5.91 Å². The van der Waals surface area contributed by atoms with Gasteiger partial charge in [-0.2, -0.15) is 0 Å². The summed E-state index contributed by atoms with van der Waals surface area (Å²) in [4.78, 5) is 25.7. The lowest BCUT2D eigenvalue weighted by molar-refractivity contribution is -0.121. The van der Waals surface area contributed by atoms with Crippen LogP contribution < -0.4 is 16.4 Å². The number of hydrogen-bond donors (Lipinski definition) is 4. The van der Waals surface area contributed by atoms with Crippen molar-refractivity contribution >= 4 is 17.5 Å². The van der Waals surface area contributed by atoms with Crippen molar-refractivity contribution in [1.29, 1.82) is 0 Å². The molecule has 1 heterocycles. The first-order chi connectivity index (χ1) is 7.78. The number of rotatable bonds is 3. The van der Waals surface area contributed by atoms with Crippen molar-refractivity contribution < 1.29 is 9.59 Å². The molecule has 1 rings (SSSR count). The number of aromatic nitrogens is 1. The Morgan fingerprint density at radius 2 is 2.06 bits per heavy atom. The predicted octanol–water partition coefficient (Wildman–Crippen LogP) is 0.241. The Labute approximate surface area is 100.0 Å². The smallest absolute Gasteiger partial charge is 0.268 e. The zero-order valence-corrected chi connectivity index (χ0v) is 10.3. The first-order valence-electron chi connectivity index (χ1n) is 5.31. The van der Waals surface area contributed by atoms with Gasteiger partial charge in [-0.25, -0.2) is 0 Å². The highest BCUT2D eigenvalue weighted by Gasteiger charge is 2.15. The number of H-pyrrole nitrogens is 1. The minimum Gasteiger partial charge on any atom is -0.397 e. The van der Waals surface area contributed by atoms with E-state index in [1.54, 1.807) is 0 Å². The molecule has 2 amide bonds. The van der Waals surface area contributed by atoms with E-state index in [0.717, 1.165) is 0 Å². The molecular formula is C11H18N4O2. The van der Waals surface area contributed by atoms with Gasteiger partial charge in [0.05, 0.1) is 6.54 Å². The quantitative estimate of drug-likeness (QED) is 0.607. The number of anilines is 1. The molecular weight excluding hydrogens is 220 g/mol. The van der Waals surface area contributed by atoms with Crippen molar-refractivity contribution in [2.45, 2.75) is 26.3 Å². The molecule has 0 spiro atoms. The Kier molecular flexibility index (Phi) is 3.77. The number of amides is 2. The lowest BCUT2D eigenvalue weighted by Crippen LogP contribution is -2.45. The van der Waals surface area contributed by atoms with E-state index in [2.05, 4.69) is 15.6 Å². The summed E-state index contributed by atoms with van der Waals surface area (Å²) >= 11 is 0. The number of hydrogen-bond acceptors (Lipinski definition) is 3. The van der Waals surface area contributed by atoms with Crippen LogP contribution in [0.2, 0.25) is 0 Å². The predicted molar refractivity (Wildman–Crippen MR) is 65.4 cm³/mol. The average Bonchev–Trinajstić information content (AvgIpc) is 2.58. The van der Waals surface area contributed by atoms with E-state index in [1.807, 2.05) is 20.8 Å². The standard InChI is InChI=1S/C11H18N4O2/c1-11(2,3)15-9(16)6-14-10(17)8-4-7(12)5-13-8/h4-5,13H,6,12H2,1-3H3,(H,14,17)(H,15,16). The molecule has 0 aliphatic heterocycles. The van der Waals surface area contributed by atoms with Gasteiger partial charge in [-0.1, -0.05) is 0 Å².